The number of hydrogen-bond donors (Lipinski definition) is 0. The van der Waals surface area contributed by atoms with Crippen LogP contribution in [0.25, 0.3) is 0 Å². The lowest BCUT2D eigenvalue weighted by atomic mass is 9.76. The highest BCUT2D eigenvalue weighted by Crippen LogP contribution is 2.36. The summed E-state index contributed by atoms with van der Waals surface area (Å²) in [7, 11) is 0. The van der Waals surface area contributed by atoms with Crippen molar-refractivity contribution in [3.8, 4) is 0 Å². The zero-order chi connectivity index (χ0) is 15.2. The van der Waals surface area contributed by atoms with Gasteiger partial charge in [-0.15, -0.1) is 0 Å². The van der Waals surface area contributed by atoms with Crippen LogP contribution < -0.4 is 0 Å². The van der Waals surface area contributed by atoms with Crippen molar-refractivity contribution in [2.24, 2.45) is 5.41 Å². The van der Waals surface area contributed by atoms with Gasteiger partial charge in [0.05, 0.1) is 0 Å². The summed E-state index contributed by atoms with van der Waals surface area (Å²) in [4.78, 5) is 0. The van der Waals surface area contributed by atoms with Crippen molar-refractivity contribution < 1.29 is 0 Å². The molecule has 0 nitrogen and oxygen atoms in total. The summed E-state index contributed by atoms with van der Waals surface area (Å²) in [6.07, 6.45) is 8.95. The minimum atomic E-state index is 0.108. The van der Waals surface area contributed by atoms with Crippen LogP contribution in [0, 0.1) is 5.41 Å². The summed E-state index contributed by atoms with van der Waals surface area (Å²) < 4.78 is 0. The fourth-order valence-electron chi connectivity index (χ4n) is 1.55. The van der Waals surface area contributed by atoms with E-state index in [1.165, 1.54) is 11.1 Å². The molecule has 0 heteroatoms. The van der Waals surface area contributed by atoms with Crippen molar-refractivity contribution in [3.63, 3.8) is 0 Å². The second-order valence-corrected chi connectivity index (χ2v) is 3.99. The third kappa shape index (κ3) is 8.11. The topological polar surface area (TPSA) is 0 Å². The molecule has 0 amide bonds. The van der Waals surface area contributed by atoms with Crippen molar-refractivity contribution in [2.75, 3.05) is 0 Å². The first-order valence-corrected chi connectivity index (χ1v) is 7.12. The molecule has 0 aromatic carbocycles. The monoisotopic (exact) mass is 250 g/mol. The molecule has 0 aromatic rings. The van der Waals surface area contributed by atoms with Crippen LogP contribution in [0.4, 0.5) is 0 Å². The Morgan fingerprint density at radius 3 is 1.61 bits per heavy atom. The van der Waals surface area contributed by atoms with Crippen LogP contribution >= 0.6 is 0 Å². The van der Waals surface area contributed by atoms with E-state index < -0.39 is 0 Å². The standard InChI is InChI=1S/C14H22.2C2H6/c1-7-10-12(4)14(5,6)13(9-3)11-8-2;2*1-2/h7-8,10-11H,1-2,9H2,3-6H3;2*1-2H3/b12-10+,13-11+;;. The number of allylic oxidation sites excluding steroid dienone is 6. The molecule has 0 saturated heterocycles. The van der Waals surface area contributed by atoms with Crippen molar-refractivity contribution in [2.45, 2.75) is 61.8 Å². The SMILES string of the molecule is C=C/C=C(\C)C(C)(C)/C(=C/C=C)CC.CC.CC. The minimum absolute atomic E-state index is 0.108. The smallest absolute Gasteiger partial charge is 0.00673 e. The summed E-state index contributed by atoms with van der Waals surface area (Å²) in [6.45, 7) is 24.3. The van der Waals surface area contributed by atoms with Gasteiger partial charge in [0.1, 0.15) is 0 Å². The highest BCUT2D eigenvalue weighted by atomic mass is 14.3. The van der Waals surface area contributed by atoms with Crippen molar-refractivity contribution >= 4 is 0 Å². The fraction of sp³-hybridized carbons (Fsp3) is 0.556. The van der Waals surface area contributed by atoms with Gasteiger partial charge < -0.3 is 0 Å². The van der Waals surface area contributed by atoms with Crippen LogP contribution in [0.3, 0.4) is 0 Å². The predicted molar refractivity (Wildman–Crippen MR) is 89.0 cm³/mol. The molecule has 0 aliphatic heterocycles. The van der Waals surface area contributed by atoms with E-state index in [4.69, 9.17) is 0 Å². The van der Waals surface area contributed by atoms with Gasteiger partial charge in [0, 0.05) is 5.41 Å². The molecule has 0 bridgehead atoms. The molecular weight excluding hydrogens is 216 g/mol. The molecule has 0 radical (unpaired) electrons. The van der Waals surface area contributed by atoms with Crippen LogP contribution in [-0.4, -0.2) is 0 Å². The second-order valence-electron chi connectivity index (χ2n) is 3.99. The molecule has 0 unspecified atom stereocenters. The lowest BCUT2D eigenvalue weighted by Crippen LogP contribution is -2.16. The van der Waals surface area contributed by atoms with Gasteiger partial charge in [0.15, 0.2) is 0 Å². The Morgan fingerprint density at radius 2 is 1.33 bits per heavy atom. The molecule has 0 saturated carbocycles. The summed E-state index contributed by atoms with van der Waals surface area (Å²) in [6, 6.07) is 0. The van der Waals surface area contributed by atoms with Crippen molar-refractivity contribution in [1.82, 2.24) is 0 Å². The van der Waals surface area contributed by atoms with E-state index in [0.717, 1.165) is 6.42 Å². The van der Waals surface area contributed by atoms with Crippen LogP contribution in [0.1, 0.15) is 61.8 Å². The summed E-state index contributed by atoms with van der Waals surface area (Å²) in [5, 5.41) is 0. The van der Waals surface area contributed by atoms with Crippen LogP contribution in [0.5, 0.6) is 0 Å². The van der Waals surface area contributed by atoms with Crippen molar-refractivity contribution in [3.05, 3.63) is 48.6 Å². The Balaban J connectivity index is -0.000000506. The molecule has 0 aromatic heterocycles. The highest BCUT2D eigenvalue weighted by molar-refractivity contribution is 5.30. The molecule has 0 spiro atoms. The maximum atomic E-state index is 3.75. The first-order valence-electron chi connectivity index (χ1n) is 7.12. The first kappa shape index (κ1) is 22.2. The lowest BCUT2D eigenvalue weighted by Gasteiger charge is -2.28. The van der Waals surface area contributed by atoms with Gasteiger partial charge in [-0.2, -0.15) is 0 Å². The van der Waals surface area contributed by atoms with Gasteiger partial charge in [0.25, 0.3) is 0 Å². The number of rotatable bonds is 5. The average molecular weight is 250 g/mol. The maximum Gasteiger partial charge on any atom is 0.00673 e. The molecule has 0 fully saturated rings. The zero-order valence-electron chi connectivity index (χ0n) is 13.9. The molecular formula is C18H34. The van der Waals surface area contributed by atoms with Crippen LogP contribution in [0.15, 0.2) is 48.6 Å². The van der Waals surface area contributed by atoms with Gasteiger partial charge >= 0.3 is 0 Å². The molecule has 0 atom stereocenters. The quantitative estimate of drug-likeness (QED) is 0.475. The molecule has 0 heterocycles. The Hall–Kier alpha value is -1.04. The second kappa shape index (κ2) is 14.0. The minimum Gasteiger partial charge on any atom is -0.0991 e. The summed E-state index contributed by atoms with van der Waals surface area (Å²) in [5.41, 5.74) is 2.85. The maximum absolute atomic E-state index is 3.75. The van der Waals surface area contributed by atoms with Crippen LogP contribution in [-0.2, 0) is 0 Å². The largest absolute Gasteiger partial charge is 0.0991 e. The van der Waals surface area contributed by atoms with E-state index in [2.05, 4.69) is 53.0 Å². The predicted octanol–water partition coefficient (Wildman–Crippen LogP) is 6.72. The van der Waals surface area contributed by atoms with Gasteiger partial charge in [-0.1, -0.05) is 97.1 Å². The van der Waals surface area contributed by atoms with Gasteiger partial charge in [0.2, 0.25) is 0 Å². The van der Waals surface area contributed by atoms with E-state index in [1.54, 1.807) is 0 Å². The Kier molecular flexibility index (Phi) is 17.3. The lowest BCUT2D eigenvalue weighted by molar-refractivity contribution is 0.521. The van der Waals surface area contributed by atoms with E-state index in [-0.39, 0.29) is 5.41 Å². The average Bonchev–Trinajstić information content (AvgIpc) is 2.40. The number of hydrogen-bond acceptors (Lipinski definition) is 0. The first-order chi connectivity index (χ1) is 8.50. The summed E-state index contributed by atoms with van der Waals surface area (Å²) >= 11 is 0. The Bertz CT molecular complexity index is 262. The van der Waals surface area contributed by atoms with E-state index in [1.807, 2.05) is 39.8 Å². The van der Waals surface area contributed by atoms with Gasteiger partial charge in [-0.25, -0.2) is 0 Å². The van der Waals surface area contributed by atoms with E-state index >= 15 is 0 Å². The third-order valence-electron chi connectivity index (χ3n) is 2.86. The zero-order valence-corrected chi connectivity index (χ0v) is 13.9. The molecule has 0 aliphatic rings. The molecule has 0 N–H and O–H groups in total. The Morgan fingerprint density at radius 1 is 0.944 bits per heavy atom. The molecule has 0 aliphatic carbocycles. The highest BCUT2D eigenvalue weighted by Gasteiger charge is 2.22. The van der Waals surface area contributed by atoms with Crippen molar-refractivity contribution in [1.29, 1.82) is 0 Å². The summed E-state index contributed by atoms with van der Waals surface area (Å²) in [5.74, 6) is 0. The molecule has 106 valence electrons. The van der Waals surface area contributed by atoms with Crippen LogP contribution in [0.2, 0.25) is 0 Å². The van der Waals surface area contributed by atoms with E-state index in [9.17, 15) is 0 Å². The van der Waals surface area contributed by atoms with Gasteiger partial charge in [-0.3, -0.25) is 0 Å². The molecule has 0 rings (SSSR count). The van der Waals surface area contributed by atoms with E-state index in [0.29, 0.717) is 0 Å². The normalized spacial score (nSPS) is 11.6. The van der Waals surface area contributed by atoms with Gasteiger partial charge in [-0.05, 0) is 13.3 Å². The third-order valence-corrected chi connectivity index (χ3v) is 2.86. The fourth-order valence-corrected chi connectivity index (χ4v) is 1.55. The Labute approximate surface area is 116 Å². The molecule has 18 heavy (non-hydrogen) atoms.